The average Bonchev–Trinajstić information content (AvgIpc) is 2.20. The van der Waals surface area contributed by atoms with Crippen LogP contribution in [0.3, 0.4) is 0 Å². The lowest BCUT2D eigenvalue weighted by atomic mass is 10.1. The minimum atomic E-state index is -0.532. The van der Waals surface area contributed by atoms with Crippen LogP contribution < -0.4 is 11.1 Å². The summed E-state index contributed by atoms with van der Waals surface area (Å²) >= 11 is 6.07. The summed E-state index contributed by atoms with van der Waals surface area (Å²) in [6.07, 6.45) is 0.239. The molecular formula is C13H19ClN2O2. The van der Waals surface area contributed by atoms with E-state index in [4.69, 9.17) is 22.1 Å². The third kappa shape index (κ3) is 4.94. The van der Waals surface area contributed by atoms with Crippen molar-refractivity contribution in [2.24, 2.45) is 5.73 Å². The van der Waals surface area contributed by atoms with Crippen molar-refractivity contribution in [3.63, 3.8) is 0 Å². The van der Waals surface area contributed by atoms with Crippen LogP contribution in [0.1, 0.15) is 26.3 Å². The molecule has 0 aromatic heterocycles. The number of nitrogens with one attached hydrogen (secondary N) is 1. The second kappa shape index (κ2) is 6.07. The third-order valence-corrected chi connectivity index (χ3v) is 2.41. The summed E-state index contributed by atoms with van der Waals surface area (Å²) in [6, 6.07) is 5.42. The lowest BCUT2D eigenvalue weighted by Gasteiger charge is -2.20. The fraction of sp³-hybridized carbons (Fsp3) is 0.462. The Balaban J connectivity index is 2.71. The van der Waals surface area contributed by atoms with E-state index < -0.39 is 11.7 Å². The van der Waals surface area contributed by atoms with Gasteiger partial charge in [-0.2, -0.15) is 0 Å². The van der Waals surface area contributed by atoms with Crippen LogP contribution in [0.2, 0.25) is 5.02 Å². The van der Waals surface area contributed by atoms with Crippen LogP contribution in [0.4, 0.5) is 10.5 Å². The first-order valence-corrected chi connectivity index (χ1v) is 6.18. The molecule has 3 N–H and O–H groups in total. The number of carbonyl (C=O) groups excluding carboxylic acids is 1. The summed E-state index contributed by atoms with van der Waals surface area (Å²) < 4.78 is 5.15. The summed E-state index contributed by atoms with van der Waals surface area (Å²) in [6.45, 7) is 5.98. The highest BCUT2D eigenvalue weighted by Gasteiger charge is 2.16. The first-order chi connectivity index (χ1) is 8.31. The molecule has 0 radical (unpaired) electrons. The lowest BCUT2D eigenvalue weighted by molar-refractivity contribution is 0.0636. The van der Waals surface area contributed by atoms with Crippen molar-refractivity contribution in [1.29, 1.82) is 0 Å². The van der Waals surface area contributed by atoms with E-state index in [0.717, 1.165) is 12.0 Å². The van der Waals surface area contributed by atoms with Crippen molar-refractivity contribution in [3.05, 3.63) is 28.8 Å². The van der Waals surface area contributed by atoms with Gasteiger partial charge in [0.15, 0.2) is 0 Å². The van der Waals surface area contributed by atoms with Gasteiger partial charge in [0.2, 0.25) is 0 Å². The van der Waals surface area contributed by atoms with Gasteiger partial charge in [0, 0.05) is 0 Å². The van der Waals surface area contributed by atoms with E-state index in [1.165, 1.54) is 0 Å². The van der Waals surface area contributed by atoms with E-state index >= 15 is 0 Å². The summed E-state index contributed by atoms with van der Waals surface area (Å²) in [5, 5.41) is 3.09. The van der Waals surface area contributed by atoms with Crippen LogP contribution in [-0.4, -0.2) is 18.2 Å². The summed E-state index contributed by atoms with van der Waals surface area (Å²) in [7, 11) is 0. The van der Waals surface area contributed by atoms with Gasteiger partial charge in [0.25, 0.3) is 0 Å². The van der Waals surface area contributed by atoms with Crippen LogP contribution in [-0.2, 0) is 11.2 Å². The Kier molecular flexibility index (Phi) is 4.99. The van der Waals surface area contributed by atoms with Crippen LogP contribution in [0, 0.1) is 0 Å². The van der Waals surface area contributed by atoms with E-state index in [2.05, 4.69) is 5.32 Å². The smallest absolute Gasteiger partial charge is 0.412 e. The monoisotopic (exact) mass is 270 g/mol. The molecule has 0 aliphatic rings. The molecule has 5 heteroatoms. The topological polar surface area (TPSA) is 64.3 Å². The first kappa shape index (κ1) is 14.8. The minimum absolute atomic E-state index is 0.479. The predicted molar refractivity (Wildman–Crippen MR) is 74.1 cm³/mol. The molecule has 0 fully saturated rings. The van der Waals surface area contributed by atoms with Crippen molar-refractivity contribution in [3.8, 4) is 0 Å². The molecule has 0 aliphatic heterocycles. The fourth-order valence-corrected chi connectivity index (χ4v) is 1.65. The maximum Gasteiger partial charge on any atom is 0.412 e. The largest absolute Gasteiger partial charge is 0.444 e. The Bertz CT molecular complexity index is 427. The molecule has 1 aromatic carbocycles. The molecule has 4 nitrogen and oxygen atoms in total. The van der Waals surface area contributed by atoms with Gasteiger partial charge in [0.1, 0.15) is 5.60 Å². The van der Waals surface area contributed by atoms with E-state index in [1.807, 2.05) is 6.07 Å². The van der Waals surface area contributed by atoms with Gasteiger partial charge in [0.05, 0.1) is 10.7 Å². The first-order valence-electron chi connectivity index (χ1n) is 5.80. The molecule has 1 aromatic rings. The molecule has 0 aliphatic carbocycles. The van der Waals surface area contributed by atoms with Crippen molar-refractivity contribution in [2.75, 3.05) is 11.9 Å². The van der Waals surface area contributed by atoms with Crippen LogP contribution in [0.25, 0.3) is 0 Å². The van der Waals surface area contributed by atoms with Crippen molar-refractivity contribution < 1.29 is 9.53 Å². The van der Waals surface area contributed by atoms with Gasteiger partial charge in [-0.1, -0.05) is 17.7 Å². The molecule has 0 saturated carbocycles. The van der Waals surface area contributed by atoms with Crippen LogP contribution in [0.15, 0.2) is 18.2 Å². The quantitative estimate of drug-likeness (QED) is 0.887. The number of amides is 1. The van der Waals surface area contributed by atoms with E-state index in [1.54, 1.807) is 32.9 Å². The van der Waals surface area contributed by atoms with Gasteiger partial charge in [-0.05, 0) is 51.4 Å². The fourth-order valence-electron chi connectivity index (χ4n) is 1.40. The standard InChI is InChI=1S/C13H19ClN2O2/c1-13(2,3)18-12(17)16-11-5-4-9(6-7-15)8-10(11)14/h4-5,8H,6-7,15H2,1-3H3,(H,16,17). The molecule has 0 unspecified atom stereocenters. The summed E-state index contributed by atoms with van der Waals surface area (Å²) in [4.78, 5) is 11.6. The normalized spacial score (nSPS) is 11.2. The zero-order valence-electron chi connectivity index (χ0n) is 10.9. The molecule has 0 saturated heterocycles. The molecule has 0 bridgehead atoms. The zero-order chi connectivity index (χ0) is 13.8. The molecule has 1 amide bonds. The number of carbonyl (C=O) groups is 1. The van der Waals surface area contributed by atoms with E-state index in [-0.39, 0.29) is 0 Å². The SMILES string of the molecule is CC(C)(C)OC(=O)Nc1ccc(CCN)cc1Cl. The van der Waals surface area contributed by atoms with Gasteiger partial charge >= 0.3 is 6.09 Å². The summed E-state index contributed by atoms with van der Waals surface area (Å²) in [5.41, 5.74) is 6.51. The van der Waals surface area contributed by atoms with E-state index in [9.17, 15) is 4.79 Å². The molecular weight excluding hydrogens is 252 g/mol. The maximum absolute atomic E-state index is 11.6. The van der Waals surface area contributed by atoms with Crippen LogP contribution in [0.5, 0.6) is 0 Å². The Labute approximate surface area is 112 Å². The van der Waals surface area contributed by atoms with Gasteiger partial charge < -0.3 is 10.5 Å². The number of hydrogen-bond acceptors (Lipinski definition) is 3. The number of nitrogens with two attached hydrogens (primary N) is 1. The van der Waals surface area contributed by atoms with Gasteiger partial charge in [-0.15, -0.1) is 0 Å². The Morgan fingerprint density at radius 3 is 2.61 bits per heavy atom. The predicted octanol–water partition coefficient (Wildman–Crippen LogP) is 3.19. The summed E-state index contributed by atoms with van der Waals surface area (Å²) in [5.74, 6) is 0. The number of rotatable bonds is 3. The van der Waals surface area contributed by atoms with Crippen molar-refractivity contribution in [2.45, 2.75) is 32.8 Å². The van der Waals surface area contributed by atoms with Gasteiger partial charge in [-0.25, -0.2) is 4.79 Å². The molecule has 0 atom stereocenters. The highest BCUT2D eigenvalue weighted by atomic mass is 35.5. The number of halogens is 1. The molecule has 0 heterocycles. The number of hydrogen-bond donors (Lipinski definition) is 2. The Hall–Kier alpha value is -1.26. The molecule has 100 valence electrons. The second-order valence-corrected chi connectivity index (χ2v) is 5.39. The molecule has 18 heavy (non-hydrogen) atoms. The zero-order valence-corrected chi connectivity index (χ0v) is 11.7. The third-order valence-electron chi connectivity index (χ3n) is 2.10. The second-order valence-electron chi connectivity index (χ2n) is 4.98. The van der Waals surface area contributed by atoms with Crippen LogP contribution >= 0.6 is 11.6 Å². The maximum atomic E-state index is 11.6. The highest BCUT2D eigenvalue weighted by Crippen LogP contribution is 2.24. The molecule has 1 rings (SSSR count). The lowest BCUT2D eigenvalue weighted by Crippen LogP contribution is -2.27. The average molecular weight is 271 g/mol. The van der Waals surface area contributed by atoms with Crippen molar-refractivity contribution in [1.82, 2.24) is 0 Å². The van der Waals surface area contributed by atoms with E-state index in [0.29, 0.717) is 17.3 Å². The number of benzene rings is 1. The minimum Gasteiger partial charge on any atom is -0.444 e. The Morgan fingerprint density at radius 1 is 1.44 bits per heavy atom. The molecule has 0 spiro atoms. The van der Waals surface area contributed by atoms with Gasteiger partial charge in [-0.3, -0.25) is 5.32 Å². The number of ether oxygens (including phenoxy) is 1. The highest BCUT2D eigenvalue weighted by molar-refractivity contribution is 6.33. The van der Waals surface area contributed by atoms with Crippen molar-refractivity contribution >= 4 is 23.4 Å². The Morgan fingerprint density at radius 2 is 2.11 bits per heavy atom. The number of anilines is 1.